The van der Waals surface area contributed by atoms with Gasteiger partial charge in [-0.05, 0) is 70.9 Å². The number of nitrogens with zero attached hydrogens (tertiary/aromatic N) is 2. The van der Waals surface area contributed by atoms with E-state index in [9.17, 15) is 0 Å². The molecule has 0 saturated carbocycles. The summed E-state index contributed by atoms with van der Waals surface area (Å²) in [5.41, 5.74) is 0.434. The number of hydrogen-bond acceptors (Lipinski definition) is 3. The lowest BCUT2D eigenvalue weighted by atomic mass is 9.81. The first-order chi connectivity index (χ1) is 9.89. The molecule has 1 N–H and O–H groups in total. The van der Waals surface area contributed by atoms with Gasteiger partial charge in [0.1, 0.15) is 0 Å². The summed E-state index contributed by atoms with van der Waals surface area (Å²) in [5, 5.41) is 3.70. The Kier molecular flexibility index (Phi) is 11.4. The maximum Gasteiger partial charge on any atom is 0.00498 e. The molecule has 0 aliphatic heterocycles. The van der Waals surface area contributed by atoms with Gasteiger partial charge < -0.3 is 15.1 Å². The second-order valence-electron chi connectivity index (χ2n) is 7.26. The van der Waals surface area contributed by atoms with Crippen LogP contribution in [0.2, 0.25) is 0 Å². The summed E-state index contributed by atoms with van der Waals surface area (Å²) in [6, 6.07) is 0. The third kappa shape index (κ3) is 9.49. The lowest BCUT2D eigenvalue weighted by Crippen LogP contribution is -2.44. The Bertz CT molecular complexity index is 235. The van der Waals surface area contributed by atoms with Crippen LogP contribution in [0.5, 0.6) is 0 Å². The van der Waals surface area contributed by atoms with E-state index in [1.165, 1.54) is 45.4 Å². The third-order valence-electron chi connectivity index (χ3n) is 4.64. The summed E-state index contributed by atoms with van der Waals surface area (Å²) < 4.78 is 0. The van der Waals surface area contributed by atoms with E-state index < -0.39 is 0 Å². The zero-order valence-electron chi connectivity index (χ0n) is 15.8. The minimum Gasteiger partial charge on any atom is -0.316 e. The predicted molar refractivity (Wildman–Crippen MR) is 96.0 cm³/mol. The molecule has 3 heteroatoms. The van der Waals surface area contributed by atoms with E-state index in [0.717, 1.165) is 19.0 Å². The zero-order valence-corrected chi connectivity index (χ0v) is 15.8. The Morgan fingerprint density at radius 3 is 2.05 bits per heavy atom. The molecule has 0 spiro atoms. The first-order valence-electron chi connectivity index (χ1n) is 8.96. The summed E-state index contributed by atoms with van der Waals surface area (Å²) in [6.07, 6.45) is 3.79. The summed E-state index contributed by atoms with van der Waals surface area (Å²) in [6.45, 7) is 18.7. The predicted octanol–water partition coefficient (Wildman–Crippen LogP) is 3.31. The van der Waals surface area contributed by atoms with Crippen molar-refractivity contribution in [3.63, 3.8) is 0 Å². The van der Waals surface area contributed by atoms with Crippen molar-refractivity contribution in [2.24, 2.45) is 11.3 Å². The number of hydrogen-bond donors (Lipinski definition) is 1. The van der Waals surface area contributed by atoms with Crippen LogP contribution in [0.3, 0.4) is 0 Å². The Morgan fingerprint density at radius 2 is 1.62 bits per heavy atom. The molecule has 0 amide bonds. The molecule has 0 bridgehead atoms. The highest BCUT2D eigenvalue weighted by Crippen LogP contribution is 2.27. The van der Waals surface area contributed by atoms with Gasteiger partial charge >= 0.3 is 0 Å². The molecule has 0 saturated heterocycles. The molecule has 0 aliphatic carbocycles. The molecule has 128 valence electrons. The molecule has 0 rings (SSSR count). The minimum atomic E-state index is 0.434. The van der Waals surface area contributed by atoms with Crippen LogP contribution in [-0.4, -0.2) is 63.2 Å². The summed E-state index contributed by atoms with van der Waals surface area (Å²) in [4.78, 5) is 4.93. The molecule has 0 fully saturated rings. The molecule has 0 aromatic heterocycles. The van der Waals surface area contributed by atoms with Crippen molar-refractivity contribution in [3.05, 3.63) is 0 Å². The highest BCUT2D eigenvalue weighted by atomic mass is 15.1. The molecule has 0 atom stereocenters. The maximum atomic E-state index is 3.70. The highest BCUT2D eigenvalue weighted by molar-refractivity contribution is 4.83. The first kappa shape index (κ1) is 20.9. The Hall–Kier alpha value is -0.120. The van der Waals surface area contributed by atoms with E-state index in [0.29, 0.717) is 5.41 Å². The third-order valence-corrected chi connectivity index (χ3v) is 4.64. The van der Waals surface area contributed by atoms with Crippen molar-refractivity contribution in [1.29, 1.82) is 0 Å². The van der Waals surface area contributed by atoms with Gasteiger partial charge in [-0.15, -0.1) is 0 Å². The van der Waals surface area contributed by atoms with Crippen LogP contribution < -0.4 is 5.32 Å². The van der Waals surface area contributed by atoms with Gasteiger partial charge in [0.25, 0.3) is 0 Å². The van der Waals surface area contributed by atoms with Gasteiger partial charge in [-0.2, -0.15) is 0 Å². The lowest BCUT2D eigenvalue weighted by molar-refractivity contribution is 0.134. The Balaban J connectivity index is 4.40. The molecule has 3 nitrogen and oxygen atoms in total. The van der Waals surface area contributed by atoms with E-state index in [1.807, 2.05) is 0 Å². The SMILES string of the molecule is CCN(CCCN(C)C)CC(CC)(CC)CNCC(C)C. The van der Waals surface area contributed by atoms with Crippen LogP contribution in [0, 0.1) is 11.3 Å². The molecule has 21 heavy (non-hydrogen) atoms. The van der Waals surface area contributed by atoms with Crippen molar-refractivity contribution in [3.8, 4) is 0 Å². The number of rotatable bonds is 13. The fourth-order valence-electron chi connectivity index (χ4n) is 2.84. The fraction of sp³-hybridized carbons (Fsp3) is 1.00. The quantitative estimate of drug-likeness (QED) is 0.563. The molecule has 0 aromatic rings. The molecular formula is C18H41N3. The van der Waals surface area contributed by atoms with Gasteiger partial charge in [0.2, 0.25) is 0 Å². The fourth-order valence-corrected chi connectivity index (χ4v) is 2.84. The van der Waals surface area contributed by atoms with E-state index in [-0.39, 0.29) is 0 Å². The molecule has 0 aliphatic rings. The van der Waals surface area contributed by atoms with Crippen LogP contribution in [0.4, 0.5) is 0 Å². The molecular weight excluding hydrogens is 258 g/mol. The van der Waals surface area contributed by atoms with E-state index in [4.69, 9.17) is 0 Å². The Morgan fingerprint density at radius 1 is 1.00 bits per heavy atom. The van der Waals surface area contributed by atoms with Crippen molar-refractivity contribution in [2.75, 3.05) is 53.4 Å². The average Bonchev–Trinajstić information content (AvgIpc) is 2.44. The summed E-state index contributed by atoms with van der Waals surface area (Å²) in [5.74, 6) is 0.735. The van der Waals surface area contributed by atoms with Gasteiger partial charge in [-0.1, -0.05) is 34.6 Å². The standard InChI is InChI=1S/C18H41N3/c1-8-18(9-2,15-19-14-17(4)5)16-21(10-3)13-11-12-20(6)7/h17,19H,8-16H2,1-7H3. The summed E-state index contributed by atoms with van der Waals surface area (Å²) in [7, 11) is 4.32. The van der Waals surface area contributed by atoms with Gasteiger partial charge in [-0.25, -0.2) is 0 Å². The van der Waals surface area contributed by atoms with Gasteiger partial charge in [0, 0.05) is 13.1 Å². The minimum absolute atomic E-state index is 0.434. The molecule has 0 heterocycles. The van der Waals surface area contributed by atoms with Crippen LogP contribution in [-0.2, 0) is 0 Å². The van der Waals surface area contributed by atoms with Crippen molar-refractivity contribution in [2.45, 2.75) is 53.9 Å². The second kappa shape index (κ2) is 11.4. The first-order valence-corrected chi connectivity index (χ1v) is 8.96. The van der Waals surface area contributed by atoms with Crippen molar-refractivity contribution in [1.82, 2.24) is 15.1 Å². The number of nitrogens with one attached hydrogen (secondary N) is 1. The van der Waals surface area contributed by atoms with Crippen LogP contribution in [0.15, 0.2) is 0 Å². The van der Waals surface area contributed by atoms with Gasteiger partial charge in [0.05, 0.1) is 0 Å². The van der Waals surface area contributed by atoms with E-state index in [1.54, 1.807) is 0 Å². The molecule has 0 aromatic carbocycles. The van der Waals surface area contributed by atoms with Gasteiger partial charge in [-0.3, -0.25) is 0 Å². The largest absolute Gasteiger partial charge is 0.316 e. The van der Waals surface area contributed by atoms with Crippen molar-refractivity contribution < 1.29 is 0 Å². The van der Waals surface area contributed by atoms with E-state index in [2.05, 4.69) is 63.8 Å². The second-order valence-corrected chi connectivity index (χ2v) is 7.26. The molecule has 0 radical (unpaired) electrons. The smallest absolute Gasteiger partial charge is 0.00498 e. The van der Waals surface area contributed by atoms with E-state index >= 15 is 0 Å². The Labute approximate surface area is 134 Å². The van der Waals surface area contributed by atoms with Gasteiger partial charge in [0.15, 0.2) is 0 Å². The van der Waals surface area contributed by atoms with Crippen LogP contribution in [0.25, 0.3) is 0 Å². The highest BCUT2D eigenvalue weighted by Gasteiger charge is 2.28. The van der Waals surface area contributed by atoms with Crippen LogP contribution in [0.1, 0.15) is 53.9 Å². The molecule has 0 unspecified atom stereocenters. The summed E-state index contributed by atoms with van der Waals surface area (Å²) >= 11 is 0. The monoisotopic (exact) mass is 299 g/mol. The zero-order chi connectivity index (χ0) is 16.3. The normalized spacial score (nSPS) is 12.9. The maximum absolute atomic E-state index is 3.70. The van der Waals surface area contributed by atoms with Crippen LogP contribution >= 0.6 is 0 Å². The average molecular weight is 300 g/mol. The van der Waals surface area contributed by atoms with Crippen molar-refractivity contribution >= 4 is 0 Å². The topological polar surface area (TPSA) is 18.5 Å². The lowest BCUT2D eigenvalue weighted by Gasteiger charge is -2.37.